The summed E-state index contributed by atoms with van der Waals surface area (Å²) in [5.41, 5.74) is 0.985. The zero-order valence-corrected chi connectivity index (χ0v) is 10.1. The Morgan fingerprint density at radius 2 is 1.91 bits per heavy atom. The van der Waals surface area contributed by atoms with E-state index in [1.165, 1.54) is 6.07 Å². The summed E-state index contributed by atoms with van der Waals surface area (Å²) in [4.78, 5) is 0. The third-order valence-electron chi connectivity index (χ3n) is 1.20. The van der Waals surface area contributed by atoms with E-state index in [2.05, 4.69) is 47.8 Å². The van der Waals surface area contributed by atoms with Crippen molar-refractivity contribution < 1.29 is 4.39 Å². The highest BCUT2D eigenvalue weighted by Gasteiger charge is 2.04. The van der Waals surface area contributed by atoms with E-state index in [0.717, 1.165) is 5.56 Å². The third kappa shape index (κ3) is 2.53. The molecule has 60 valence electrons. The predicted octanol–water partition coefficient (Wildman–Crippen LogP) is 4.38. The van der Waals surface area contributed by atoms with E-state index in [0.29, 0.717) is 4.47 Å². The molecule has 0 aromatic heterocycles. The van der Waals surface area contributed by atoms with Crippen LogP contribution in [0.3, 0.4) is 0 Å². The van der Waals surface area contributed by atoms with Gasteiger partial charge in [-0.25, -0.2) is 4.39 Å². The number of benzene rings is 1. The Kier molecular flexibility index (Phi) is 3.52. The fraction of sp³-hybridized carbons (Fsp3) is 0.143. The van der Waals surface area contributed by atoms with Gasteiger partial charge in [0, 0.05) is 0 Å². The van der Waals surface area contributed by atoms with Gasteiger partial charge in [-0.05, 0) is 33.6 Å². The average Bonchev–Trinajstić information content (AvgIpc) is 1.94. The molecule has 0 radical (unpaired) electrons. The number of halogens is 4. The van der Waals surface area contributed by atoms with E-state index in [4.69, 9.17) is 0 Å². The maximum Gasteiger partial charge on any atom is 0.137 e. The lowest BCUT2D eigenvalue weighted by molar-refractivity contribution is 0.620. The van der Waals surface area contributed by atoms with Gasteiger partial charge in [0.05, 0.1) is 8.21 Å². The van der Waals surface area contributed by atoms with Gasteiger partial charge in [-0.1, -0.05) is 37.9 Å². The van der Waals surface area contributed by atoms with Crippen LogP contribution in [0, 0.1) is 5.82 Å². The molecule has 0 aliphatic heterocycles. The summed E-state index contributed by atoms with van der Waals surface area (Å²) >= 11 is 9.73. The van der Waals surface area contributed by atoms with Crippen molar-refractivity contribution in [1.29, 1.82) is 0 Å². The van der Waals surface area contributed by atoms with E-state index in [-0.39, 0.29) is 9.55 Å². The highest BCUT2D eigenvalue weighted by atomic mass is 79.9. The summed E-state index contributed by atoms with van der Waals surface area (Å²) in [6, 6.07) is 4.87. The Morgan fingerprint density at radius 1 is 1.27 bits per heavy atom. The SMILES string of the molecule is Fc1ccc(C(Br)Br)cc1Br. The lowest BCUT2D eigenvalue weighted by Crippen LogP contribution is -1.82. The molecule has 1 aromatic carbocycles. The zero-order valence-electron chi connectivity index (χ0n) is 5.32. The molecule has 0 N–H and O–H groups in total. The van der Waals surface area contributed by atoms with Gasteiger partial charge in [0.15, 0.2) is 0 Å². The second-order valence-electron chi connectivity index (χ2n) is 1.97. The third-order valence-corrected chi connectivity index (χ3v) is 2.86. The van der Waals surface area contributed by atoms with Crippen LogP contribution >= 0.6 is 47.8 Å². The zero-order chi connectivity index (χ0) is 8.43. The Labute approximate surface area is 89.6 Å². The van der Waals surface area contributed by atoms with E-state index in [1.54, 1.807) is 12.1 Å². The summed E-state index contributed by atoms with van der Waals surface area (Å²) in [5.74, 6) is -0.241. The summed E-state index contributed by atoms with van der Waals surface area (Å²) < 4.78 is 13.2. The van der Waals surface area contributed by atoms with Crippen molar-refractivity contribution in [1.82, 2.24) is 0 Å². The highest BCUT2D eigenvalue weighted by molar-refractivity contribution is 9.24. The van der Waals surface area contributed by atoms with Crippen LogP contribution in [-0.2, 0) is 0 Å². The van der Waals surface area contributed by atoms with Crippen LogP contribution in [0.1, 0.15) is 9.30 Å². The first-order valence-electron chi connectivity index (χ1n) is 2.84. The normalized spacial score (nSPS) is 10.6. The molecule has 0 atom stereocenters. The molecule has 1 rings (SSSR count). The van der Waals surface area contributed by atoms with E-state index in [9.17, 15) is 4.39 Å². The molecule has 0 spiro atoms. The second-order valence-corrected chi connectivity index (χ2v) is 5.89. The van der Waals surface area contributed by atoms with Crippen molar-refractivity contribution in [2.75, 3.05) is 0 Å². The van der Waals surface area contributed by atoms with Gasteiger partial charge in [0.25, 0.3) is 0 Å². The van der Waals surface area contributed by atoms with Crippen LogP contribution in [-0.4, -0.2) is 0 Å². The van der Waals surface area contributed by atoms with Crippen LogP contribution in [0.4, 0.5) is 4.39 Å². The molecule has 0 heterocycles. The van der Waals surface area contributed by atoms with Crippen molar-refractivity contribution in [3.63, 3.8) is 0 Å². The predicted molar refractivity (Wildman–Crippen MR) is 54.7 cm³/mol. The molecule has 0 saturated heterocycles. The van der Waals surface area contributed by atoms with Crippen molar-refractivity contribution in [3.05, 3.63) is 34.1 Å². The van der Waals surface area contributed by atoms with Gasteiger partial charge in [-0.3, -0.25) is 0 Å². The Hall–Kier alpha value is 0.590. The van der Waals surface area contributed by atoms with Crippen molar-refractivity contribution >= 4 is 47.8 Å². The minimum atomic E-state index is -0.241. The Balaban J connectivity index is 3.05. The summed E-state index contributed by atoms with van der Waals surface area (Å²) in [6.07, 6.45) is 0. The lowest BCUT2D eigenvalue weighted by atomic mass is 10.2. The topological polar surface area (TPSA) is 0 Å². The first-order valence-corrected chi connectivity index (χ1v) is 5.47. The molecular formula is C7H4Br3F. The minimum absolute atomic E-state index is 0.0758. The van der Waals surface area contributed by atoms with Gasteiger partial charge in [-0.2, -0.15) is 0 Å². The fourth-order valence-electron chi connectivity index (χ4n) is 0.648. The number of rotatable bonds is 1. The number of hydrogen-bond acceptors (Lipinski definition) is 0. The monoisotopic (exact) mass is 344 g/mol. The van der Waals surface area contributed by atoms with E-state index < -0.39 is 0 Å². The quantitative estimate of drug-likeness (QED) is 0.662. The van der Waals surface area contributed by atoms with Crippen molar-refractivity contribution in [2.24, 2.45) is 0 Å². The Bertz CT molecular complexity index is 260. The molecule has 0 bridgehead atoms. The van der Waals surface area contributed by atoms with Gasteiger partial charge >= 0.3 is 0 Å². The molecule has 11 heavy (non-hydrogen) atoms. The first-order chi connectivity index (χ1) is 5.11. The highest BCUT2D eigenvalue weighted by Crippen LogP contribution is 2.31. The minimum Gasteiger partial charge on any atom is -0.206 e. The van der Waals surface area contributed by atoms with E-state index in [1.807, 2.05) is 0 Å². The van der Waals surface area contributed by atoms with Crippen LogP contribution in [0.5, 0.6) is 0 Å². The molecule has 0 amide bonds. The van der Waals surface area contributed by atoms with Crippen molar-refractivity contribution in [2.45, 2.75) is 3.74 Å². The number of hydrogen-bond donors (Lipinski definition) is 0. The standard InChI is InChI=1S/C7H4Br3F/c8-5-3-4(7(9)10)1-2-6(5)11/h1-3,7H. The van der Waals surface area contributed by atoms with Gasteiger partial charge in [-0.15, -0.1) is 0 Å². The summed E-state index contributed by atoms with van der Waals surface area (Å²) in [5, 5.41) is 0. The second kappa shape index (κ2) is 4.01. The van der Waals surface area contributed by atoms with Crippen LogP contribution in [0.2, 0.25) is 0 Å². The Morgan fingerprint density at radius 3 is 2.36 bits per heavy atom. The molecule has 4 heteroatoms. The average molecular weight is 347 g/mol. The molecular weight excluding hydrogens is 343 g/mol. The molecule has 0 fully saturated rings. The summed E-state index contributed by atoms with van der Waals surface area (Å²) in [7, 11) is 0. The first kappa shape index (κ1) is 9.68. The summed E-state index contributed by atoms with van der Waals surface area (Å²) in [6.45, 7) is 0. The van der Waals surface area contributed by atoms with E-state index >= 15 is 0 Å². The fourth-order valence-corrected chi connectivity index (χ4v) is 1.61. The maximum absolute atomic E-state index is 12.7. The molecule has 0 unspecified atom stereocenters. The molecule has 0 saturated carbocycles. The molecule has 1 aromatic rings. The van der Waals surface area contributed by atoms with Crippen LogP contribution in [0.25, 0.3) is 0 Å². The number of alkyl halides is 2. The van der Waals surface area contributed by atoms with Crippen LogP contribution in [0.15, 0.2) is 22.7 Å². The molecule has 0 nitrogen and oxygen atoms in total. The van der Waals surface area contributed by atoms with Crippen LogP contribution < -0.4 is 0 Å². The maximum atomic E-state index is 12.7. The van der Waals surface area contributed by atoms with Gasteiger partial charge in [0.2, 0.25) is 0 Å². The molecule has 0 aliphatic rings. The lowest BCUT2D eigenvalue weighted by Gasteiger charge is -2.02. The van der Waals surface area contributed by atoms with Crippen molar-refractivity contribution in [3.8, 4) is 0 Å². The smallest absolute Gasteiger partial charge is 0.137 e. The van der Waals surface area contributed by atoms with Gasteiger partial charge < -0.3 is 0 Å². The van der Waals surface area contributed by atoms with Gasteiger partial charge in [0.1, 0.15) is 5.82 Å². The molecule has 0 aliphatic carbocycles. The largest absolute Gasteiger partial charge is 0.206 e.